The van der Waals surface area contributed by atoms with Gasteiger partial charge in [-0.2, -0.15) is 0 Å². The first-order chi connectivity index (χ1) is 4.17. The van der Waals surface area contributed by atoms with Crippen LogP contribution in [0.4, 0.5) is 0 Å². The van der Waals surface area contributed by atoms with Gasteiger partial charge in [0.05, 0.1) is 5.60 Å². The SMILES string of the molecule is CC1(C)OCC[C@H]1CO. The van der Waals surface area contributed by atoms with E-state index < -0.39 is 0 Å². The second kappa shape index (κ2) is 2.27. The lowest BCUT2D eigenvalue weighted by molar-refractivity contribution is -0.00281. The van der Waals surface area contributed by atoms with Gasteiger partial charge in [-0.15, -0.1) is 0 Å². The zero-order valence-electron chi connectivity index (χ0n) is 6.05. The van der Waals surface area contributed by atoms with Gasteiger partial charge in [0, 0.05) is 19.1 Å². The van der Waals surface area contributed by atoms with Crippen molar-refractivity contribution in [1.29, 1.82) is 0 Å². The topological polar surface area (TPSA) is 29.5 Å². The fourth-order valence-electron chi connectivity index (χ4n) is 1.24. The van der Waals surface area contributed by atoms with Gasteiger partial charge in [0.25, 0.3) is 0 Å². The molecule has 2 heteroatoms. The molecule has 1 aliphatic rings. The van der Waals surface area contributed by atoms with Crippen molar-refractivity contribution in [3.05, 3.63) is 0 Å². The Labute approximate surface area is 55.8 Å². The summed E-state index contributed by atoms with van der Waals surface area (Å²) >= 11 is 0. The van der Waals surface area contributed by atoms with Crippen LogP contribution in [0, 0.1) is 5.92 Å². The predicted molar refractivity (Wildman–Crippen MR) is 35.2 cm³/mol. The second-order valence-electron chi connectivity index (χ2n) is 3.12. The summed E-state index contributed by atoms with van der Waals surface area (Å²) in [6, 6.07) is 0. The zero-order valence-corrected chi connectivity index (χ0v) is 6.05. The maximum Gasteiger partial charge on any atom is 0.0677 e. The summed E-state index contributed by atoms with van der Waals surface area (Å²) in [6.45, 7) is 5.12. The average Bonchev–Trinajstić information content (AvgIpc) is 2.08. The van der Waals surface area contributed by atoms with E-state index >= 15 is 0 Å². The third-order valence-corrected chi connectivity index (χ3v) is 2.14. The van der Waals surface area contributed by atoms with Gasteiger partial charge in [0.2, 0.25) is 0 Å². The van der Waals surface area contributed by atoms with Crippen LogP contribution in [0.3, 0.4) is 0 Å². The standard InChI is InChI=1S/C7H14O2/c1-7(2)6(5-8)3-4-9-7/h6,8H,3-5H2,1-2H3/t6-/m0/s1. The highest BCUT2D eigenvalue weighted by molar-refractivity contribution is 4.83. The highest BCUT2D eigenvalue weighted by Crippen LogP contribution is 2.30. The highest BCUT2D eigenvalue weighted by atomic mass is 16.5. The van der Waals surface area contributed by atoms with Gasteiger partial charge < -0.3 is 9.84 Å². The molecule has 1 fully saturated rings. The minimum Gasteiger partial charge on any atom is -0.396 e. The number of aliphatic hydroxyl groups is 1. The molecule has 0 saturated carbocycles. The van der Waals surface area contributed by atoms with Crippen LogP contribution in [-0.4, -0.2) is 23.9 Å². The van der Waals surface area contributed by atoms with Gasteiger partial charge in [-0.05, 0) is 20.3 Å². The van der Waals surface area contributed by atoms with Gasteiger partial charge in [0.1, 0.15) is 0 Å². The van der Waals surface area contributed by atoms with Crippen molar-refractivity contribution in [2.75, 3.05) is 13.2 Å². The fourth-order valence-corrected chi connectivity index (χ4v) is 1.24. The number of hydrogen-bond acceptors (Lipinski definition) is 2. The van der Waals surface area contributed by atoms with Crippen molar-refractivity contribution in [1.82, 2.24) is 0 Å². The summed E-state index contributed by atoms with van der Waals surface area (Å²) in [5, 5.41) is 8.82. The zero-order chi connectivity index (χ0) is 6.91. The van der Waals surface area contributed by atoms with E-state index in [1.165, 1.54) is 0 Å². The van der Waals surface area contributed by atoms with Crippen molar-refractivity contribution in [3.8, 4) is 0 Å². The Morgan fingerprint density at radius 2 is 2.33 bits per heavy atom. The van der Waals surface area contributed by atoms with Crippen LogP contribution in [0.25, 0.3) is 0 Å². The first-order valence-electron chi connectivity index (χ1n) is 3.41. The average molecular weight is 130 g/mol. The third-order valence-electron chi connectivity index (χ3n) is 2.14. The largest absolute Gasteiger partial charge is 0.396 e. The number of ether oxygens (including phenoxy) is 1. The quantitative estimate of drug-likeness (QED) is 0.568. The summed E-state index contributed by atoms with van der Waals surface area (Å²) in [5.74, 6) is 0.345. The van der Waals surface area contributed by atoms with Gasteiger partial charge in [-0.25, -0.2) is 0 Å². The Bertz CT molecular complexity index is 99.1. The third kappa shape index (κ3) is 1.25. The lowest BCUT2D eigenvalue weighted by Gasteiger charge is -2.23. The predicted octanol–water partition coefficient (Wildman–Crippen LogP) is 0.794. The molecular weight excluding hydrogens is 116 g/mol. The molecule has 0 aliphatic carbocycles. The summed E-state index contributed by atoms with van der Waals surface area (Å²) < 4.78 is 5.38. The van der Waals surface area contributed by atoms with E-state index in [4.69, 9.17) is 9.84 Å². The molecule has 1 heterocycles. The molecule has 1 N–H and O–H groups in total. The van der Waals surface area contributed by atoms with E-state index in [1.54, 1.807) is 0 Å². The molecule has 1 saturated heterocycles. The molecule has 0 aromatic heterocycles. The molecular formula is C7H14O2. The lowest BCUT2D eigenvalue weighted by atomic mass is 9.92. The van der Waals surface area contributed by atoms with Crippen molar-refractivity contribution >= 4 is 0 Å². The molecule has 0 unspecified atom stereocenters. The maximum atomic E-state index is 8.82. The molecule has 0 amide bonds. The van der Waals surface area contributed by atoms with E-state index in [9.17, 15) is 0 Å². The van der Waals surface area contributed by atoms with E-state index in [0.717, 1.165) is 13.0 Å². The van der Waals surface area contributed by atoms with Crippen molar-refractivity contribution < 1.29 is 9.84 Å². The Kier molecular flexibility index (Phi) is 1.78. The fraction of sp³-hybridized carbons (Fsp3) is 1.00. The van der Waals surface area contributed by atoms with Crippen LogP contribution in [0.1, 0.15) is 20.3 Å². The Morgan fingerprint density at radius 1 is 1.67 bits per heavy atom. The molecule has 2 nitrogen and oxygen atoms in total. The first-order valence-corrected chi connectivity index (χ1v) is 3.41. The highest BCUT2D eigenvalue weighted by Gasteiger charge is 2.34. The van der Waals surface area contributed by atoms with E-state index in [2.05, 4.69) is 0 Å². The molecule has 1 aliphatic heterocycles. The van der Waals surface area contributed by atoms with Gasteiger partial charge in [-0.3, -0.25) is 0 Å². The maximum absolute atomic E-state index is 8.82. The molecule has 0 bridgehead atoms. The van der Waals surface area contributed by atoms with Crippen LogP contribution in [0.5, 0.6) is 0 Å². The smallest absolute Gasteiger partial charge is 0.0677 e. The molecule has 0 aromatic carbocycles. The summed E-state index contributed by atoms with van der Waals surface area (Å²) in [4.78, 5) is 0. The van der Waals surface area contributed by atoms with Crippen molar-refractivity contribution in [2.45, 2.75) is 25.9 Å². The minimum atomic E-state index is -0.0885. The van der Waals surface area contributed by atoms with Crippen LogP contribution in [-0.2, 0) is 4.74 Å². The number of rotatable bonds is 1. The Morgan fingerprint density at radius 3 is 2.56 bits per heavy atom. The molecule has 1 rings (SSSR count). The van der Waals surface area contributed by atoms with Crippen LogP contribution >= 0.6 is 0 Å². The molecule has 54 valence electrons. The second-order valence-corrected chi connectivity index (χ2v) is 3.12. The first kappa shape index (κ1) is 7.03. The van der Waals surface area contributed by atoms with Gasteiger partial charge in [-0.1, -0.05) is 0 Å². The molecule has 0 aromatic rings. The van der Waals surface area contributed by atoms with Gasteiger partial charge >= 0.3 is 0 Å². The number of hydrogen-bond donors (Lipinski definition) is 1. The van der Waals surface area contributed by atoms with Crippen LogP contribution in [0.15, 0.2) is 0 Å². The van der Waals surface area contributed by atoms with Crippen molar-refractivity contribution in [3.63, 3.8) is 0 Å². The normalized spacial score (nSPS) is 33.0. The molecule has 0 spiro atoms. The Balaban J connectivity index is 2.52. The lowest BCUT2D eigenvalue weighted by Crippen LogP contribution is -2.29. The minimum absolute atomic E-state index is 0.0885. The molecule has 1 atom stereocenters. The van der Waals surface area contributed by atoms with Gasteiger partial charge in [0.15, 0.2) is 0 Å². The monoisotopic (exact) mass is 130 g/mol. The van der Waals surface area contributed by atoms with E-state index in [0.29, 0.717) is 5.92 Å². The Hall–Kier alpha value is -0.0800. The van der Waals surface area contributed by atoms with E-state index in [-0.39, 0.29) is 12.2 Å². The van der Waals surface area contributed by atoms with Crippen LogP contribution < -0.4 is 0 Å². The van der Waals surface area contributed by atoms with Crippen LogP contribution in [0.2, 0.25) is 0 Å². The molecule has 0 radical (unpaired) electrons. The van der Waals surface area contributed by atoms with E-state index in [1.807, 2.05) is 13.8 Å². The summed E-state index contributed by atoms with van der Waals surface area (Å²) in [6.07, 6.45) is 1.00. The number of aliphatic hydroxyl groups excluding tert-OH is 1. The summed E-state index contributed by atoms with van der Waals surface area (Å²) in [5.41, 5.74) is -0.0885. The van der Waals surface area contributed by atoms with Crippen molar-refractivity contribution in [2.24, 2.45) is 5.92 Å². The molecule has 9 heavy (non-hydrogen) atoms. The summed E-state index contributed by atoms with van der Waals surface area (Å²) in [7, 11) is 0.